The van der Waals surface area contributed by atoms with Crippen molar-refractivity contribution in [2.24, 2.45) is 0 Å². The molecule has 1 aromatic heterocycles. The average molecular weight is 572 g/mol. The third-order valence-corrected chi connectivity index (χ3v) is 7.68. The monoisotopic (exact) mass is 571 g/mol. The van der Waals surface area contributed by atoms with E-state index < -0.39 is 0 Å². The van der Waals surface area contributed by atoms with Gasteiger partial charge in [-0.15, -0.1) is 0 Å². The summed E-state index contributed by atoms with van der Waals surface area (Å²) in [5.41, 5.74) is 1.92. The zero-order valence-corrected chi connectivity index (χ0v) is 23.9. The number of aromatic nitrogens is 1. The third-order valence-electron chi connectivity index (χ3n) is 7.68. The van der Waals surface area contributed by atoms with E-state index in [1.807, 2.05) is 54.3 Å². The maximum Gasteiger partial charge on any atom is 0.263 e. The van der Waals surface area contributed by atoms with E-state index in [2.05, 4.69) is 4.90 Å². The van der Waals surface area contributed by atoms with Crippen LogP contribution in [0.4, 0.5) is 0 Å². The number of methoxy groups -OCH3 is 2. The molecular weight excluding hydrogens is 538 g/mol. The van der Waals surface area contributed by atoms with Gasteiger partial charge in [-0.05, 0) is 61.0 Å². The van der Waals surface area contributed by atoms with Crippen LogP contribution in [0.3, 0.4) is 0 Å². The van der Waals surface area contributed by atoms with Gasteiger partial charge in [0, 0.05) is 50.0 Å². The fourth-order valence-electron chi connectivity index (χ4n) is 5.47. The first-order chi connectivity index (χ1) is 20.5. The maximum absolute atomic E-state index is 14.1. The summed E-state index contributed by atoms with van der Waals surface area (Å²) >= 11 is 0. The number of carbonyl (C=O) groups is 1. The van der Waals surface area contributed by atoms with Crippen molar-refractivity contribution in [2.45, 2.75) is 13.5 Å². The van der Waals surface area contributed by atoms with Gasteiger partial charge in [-0.2, -0.15) is 0 Å². The molecule has 0 spiro atoms. The summed E-state index contributed by atoms with van der Waals surface area (Å²) in [6.45, 7) is 6.00. The van der Waals surface area contributed by atoms with Crippen LogP contribution in [-0.2, 0) is 6.54 Å². The van der Waals surface area contributed by atoms with Crippen LogP contribution >= 0.6 is 0 Å². The second kappa shape index (κ2) is 11.7. The molecule has 0 atom stereocenters. The first kappa shape index (κ1) is 27.5. The van der Waals surface area contributed by atoms with E-state index in [9.17, 15) is 9.59 Å². The molecule has 0 bridgehead atoms. The molecular formula is C32H33N3O7. The van der Waals surface area contributed by atoms with Gasteiger partial charge in [0.2, 0.25) is 6.79 Å². The van der Waals surface area contributed by atoms with Crippen LogP contribution in [0.5, 0.6) is 28.7 Å². The predicted octanol–water partition coefficient (Wildman–Crippen LogP) is 4.09. The molecule has 0 aliphatic carbocycles. The Bertz CT molecular complexity index is 1670. The molecule has 2 aliphatic rings. The Morgan fingerprint density at radius 3 is 2.24 bits per heavy atom. The molecule has 6 rings (SSSR count). The predicted molar refractivity (Wildman–Crippen MR) is 158 cm³/mol. The van der Waals surface area contributed by atoms with Crippen LogP contribution < -0.4 is 29.2 Å². The Morgan fingerprint density at radius 2 is 1.55 bits per heavy atom. The molecule has 42 heavy (non-hydrogen) atoms. The lowest BCUT2D eigenvalue weighted by Gasteiger charge is -2.35. The number of benzene rings is 3. The van der Waals surface area contributed by atoms with Crippen molar-refractivity contribution < 1.29 is 28.5 Å². The van der Waals surface area contributed by atoms with Crippen molar-refractivity contribution in [1.82, 2.24) is 14.4 Å². The van der Waals surface area contributed by atoms with Gasteiger partial charge in [-0.3, -0.25) is 19.1 Å². The number of piperazine rings is 1. The molecule has 10 heteroatoms. The molecule has 1 saturated heterocycles. The summed E-state index contributed by atoms with van der Waals surface area (Å²) in [5.74, 6) is 2.96. The van der Waals surface area contributed by atoms with Gasteiger partial charge in [-0.1, -0.05) is 6.07 Å². The van der Waals surface area contributed by atoms with Gasteiger partial charge in [0.15, 0.2) is 23.0 Å². The van der Waals surface area contributed by atoms with Gasteiger partial charge >= 0.3 is 0 Å². The molecule has 3 heterocycles. The van der Waals surface area contributed by atoms with Crippen LogP contribution in [0, 0.1) is 0 Å². The van der Waals surface area contributed by atoms with Crippen LogP contribution in [-0.4, -0.2) is 74.1 Å². The lowest BCUT2D eigenvalue weighted by molar-refractivity contribution is 0.0629. The SMILES string of the molecule is CCOc1ccc(-n2cc(C(=O)N3CCN(Cc4ccc5c(c4)OCO5)CC3)c3cc(OC)c(OC)cc3c2=O)cc1. The summed E-state index contributed by atoms with van der Waals surface area (Å²) in [7, 11) is 3.05. The summed E-state index contributed by atoms with van der Waals surface area (Å²) in [4.78, 5) is 32.0. The second-order valence-corrected chi connectivity index (χ2v) is 10.2. The molecule has 4 aromatic rings. The molecule has 0 N–H and O–H groups in total. The minimum Gasteiger partial charge on any atom is -0.494 e. The van der Waals surface area contributed by atoms with Gasteiger partial charge in [0.1, 0.15) is 5.75 Å². The Kier molecular flexibility index (Phi) is 7.62. The van der Waals surface area contributed by atoms with Crippen molar-refractivity contribution >= 4 is 16.7 Å². The smallest absolute Gasteiger partial charge is 0.263 e. The summed E-state index contributed by atoms with van der Waals surface area (Å²) < 4.78 is 29.0. The summed E-state index contributed by atoms with van der Waals surface area (Å²) in [6, 6.07) is 16.6. The van der Waals surface area contributed by atoms with E-state index in [0.29, 0.717) is 72.1 Å². The molecule has 1 fully saturated rings. The van der Waals surface area contributed by atoms with Crippen molar-refractivity contribution in [1.29, 1.82) is 0 Å². The van der Waals surface area contributed by atoms with Gasteiger partial charge in [0.25, 0.3) is 11.5 Å². The highest BCUT2D eigenvalue weighted by atomic mass is 16.7. The highest BCUT2D eigenvalue weighted by Crippen LogP contribution is 2.34. The van der Waals surface area contributed by atoms with Gasteiger partial charge in [-0.25, -0.2) is 0 Å². The zero-order valence-electron chi connectivity index (χ0n) is 23.9. The Balaban J connectivity index is 1.30. The van der Waals surface area contributed by atoms with E-state index in [1.165, 1.54) is 18.8 Å². The van der Waals surface area contributed by atoms with Crippen molar-refractivity contribution in [2.75, 3.05) is 53.8 Å². The second-order valence-electron chi connectivity index (χ2n) is 10.2. The maximum atomic E-state index is 14.1. The molecule has 0 unspecified atom stereocenters. The molecule has 0 saturated carbocycles. The zero-order chi connectivity index (χ0) is 29.2. The number of rotatable bonds is 8. The Morgan fingerprint density at radius 1 is 0.857 bits per heavy atom. The molecule has 2 aliphatic heterocycles. The number of hydrogen-bond donors (Lipinski definition) is 0. The molecule has 1 amide bonds. The van der Waals surface area contributed by atoms with Crippen LogP contribution in [0.25, 0.3) is 16.5 Å². The Hall–Kier alpha value is -4.70. The number of nitrogens with zero attached hydrogens (tertiary/aromatic N) is 3. The normalized spacial score (nSPS) is 14.7. The lowest BCUT2D eigenvalue weighted by Crippen LogP contribution is -2.48. The van der Waals surface area contributed by atoms with E-state index in [4.69, 9.17) is 23.7 Å². The van der Waals surface area contributed by atoms with Gasteiger partial charge in [0.05, 0.1) is 31.8 Å². The number of ether oxygens (including phenoxy) is 5. The fraction of sp³-hybridized carbons (Fsp3) is 0.312. The number of hydrogen-bond acceptors (Lipinski definition) is 8. The van der Waals surface area contributed by atoms with Crippen molar-refractivity contribution in [3.8, 4) is 34.4 Å². The third kappa shape index (κ3) is 5.21. The lowest BCUT2D eigenvalue weighted by atomic mass is 10.0. The van der Waals surface area contributed by atoms with E-state index >= 15 is 0 Å². The van der Waals surface area contributed by atoms with E-state index in [1.54, 1.807) is 18.3 Å². The molecule has 10 nitrogen and oxygen atoms in total. The molecule has 218 valence electrons. The molecule has 3 aromatic carbocycles. The minimum absolute atomic E-state index is 0.144. The summed E-state index contributed by atoms with van der Waals surface area (Å²) in [5, 5.41) is 0.890. The number of fused-ring (bicyclic) bond motifs is 2. The van der Waals surface area contributed by atoms with E-state index in [0.717, 1.165) is 23.6 Å². The summed E-state index contributed by atoms with van der Waals surface area (Å²) in [6.07, 6.45) is 1.63. The average Bonchev–Trinajstić information content (AvgIpc) is 3.49. The first-order valence-electron chi connectivity index (χ1n) is 13.9. The van der Waals surface area contributed by atoms with Crippen LogP contribution in [0.2, 0.25) is 0 Å². The first-order valence-corrected chi connectivity index (χ1v) is 13.9. The van der Waals surface area contributed by atoms with Crippen molar-refractivity contribution in [3.63, 3.8) is 0 Å². The largest absolute Gasteiger partial charge is 0.494 e. The minimum atomic E-state index is -0.264. The Labute approximate surface area is 243 Å². The number of pyridine rings is 1. The topological polar surface area (TPSA) is 91.7 Å². The fourth-order valence-corrected chi connectivity index (χ4v) is 5.47. The van der Waals surface area contributed by atoms with E-state index in [-0.39, 0.29) is 18.3 Å². The quantitative estimate of drug-likeness (QED) is 0.312. The number of carbonyl (C=O) groups excluding carboxylic acids is 1. The highest BCUT2D eigenvalue weighted by molar-refractivity contribution is 6.07. The number of amides is 1. The highest BCUT2D eigenvalue weighted by Gasteiger charge is 2.26. The van der Waals surface area contributed by atoms with Crippen LogP contribution in [0.1, 0.15) is 22.8 Å². The van der Waals surface area contributed by atoms with Crippen LogP contribution in [0.15, 0.2) is 65.6 Å². The standard InChI is InChI=1S/C32H33N3O7/c1-4-40-23-8-6-22(7-9-23)35-19-26(24-16-28(38-2)29(39-3)17-25(24)32(35)37)31(36)34-13-11-33(12-14-34)18-21-5-10-27-30(15-21)42-20-41-27/h5-10,15-17,19H,4,11-14,18,20H2,1-3H3. The van der Waals surface area contributed by atoms with Gasteiger partial charge < -0.3 is 28.6 Å². The molecule has 0 radical (unpaired) electrons. The van der Waals surface area contributed by atoms with Crippen molar-refractivity contribution in [3.05, 3.63) is 82.3 Å².